The van der Waals surface area contributed by atoms with E-state index in [9.17, 15) is 0 Å². The maximum Gasteiger partial charge on any atom is 0.0730 e. The fourth-order valence-electron chi connectivity index (χ4n) is 2.07. The molecule has 2 nitrogen and oxygen atoms in total. The Bertz CT molecular complexity index is 700. The van der Waals surface area contributed by atoms with Crippen LogP contribution in [-0.2, 0) is 0 Å². The van der Waals surface area contributed by atoms with Gasteiger partial charge in [0.2, 0.25) is 0 Å². The van der Waals surface area contributed by atoms with Gasteiger partial charge < -0.3 is 5.73 Å². The molecule has 102 valence electrons. The molecule has 2 heteroatoms. The zero-order chi connectivity index (χ0) is 14.5. The van der Waals surface area contributed by atoms with Crippen LogP contribution in [0, 0.1) is 6.92 Å². The quantitative estimate of drug-likeness (QED) is 0.684. The van der Waals surface area contributed by atoms with Crippen molar-refractivity contribution in [1.82, 2.24) is 4.98 Å². The minimum atomic E-state index is 0.774. The number of para-hydroxylation sites is 1. The number of fused-ring (bicyclic) bond motifs is 1. The maximum absolute atomic E-state index is 6.08. The van der Waals surface area contributed by atoms with Crippen molar-refractivity contribution in [3.63, 3.8) is 0 Å². The third kappa shape index (κ3) is 2.80. The first-order valence-electron chi connectivity index (χ1n) is 6.96. The van der Waals surface area contributed by atoms with E-state index in [1.165, 1.54) is 5.56 Å². The molecule has 0 aliphatic heterocycles. The third-order valence-electron chi connectivity index (χ3n) is 3.10. The van der Waals surface area contributed by atoms with Crippen LogP contribution in [0.1, 0.15) is 19.4 Å². The number of nitrogen functional groups attached to an aromatic ring is 1. The summed E-state index contributed by atoms with van der Waals surface area (Å²) >= 11 is 0. The standard InChI is InChI=1S/C16H14N2.C2H6/c1-11-6-8-12(9-7-11)16-10-14(17)13-4-2-3-5-15(13)18-16;1-2/h2-10H,1H3,(H2,17,18);1-2H3. The summed E-state index contributed by atoms with van der Waals surface area (Å²) in [7, 11) is 0. The van der Waals surface area contributed by atoms with Gasteiger partial charge in [0.05, 0.1) is 11.2 Å². The van der Waals surface area contributed by atoms with Crippen molar-refractivity contribution in [3.8, 4) is 11.3 Å². The smallest absolute Gasteiger partial charge is 0.0730 e. The monoisotopic (exact) mass is 264 g/mol. The van der Waals surface area contributed by atoms with Crippen molar-refractivity contribution in [2.75, 3.05) is 5.73 Å². The molecule has 0 saturated carbocycles. The molecule has 3 rings (SSSR count). The fourth-order valence-corrected chi connectivity index (χ4v) is 2.07. The van der Waals surface area contributed by atoms with E-state index in [0.717, 1.165) is 27.8 Å². The van der Waals surface area contributed by atoms with Crippen molar-refractivity contribution < 1.29 is 0 Å². The van der Waals surface area contributed by atoms with Crippen molar-refractivity contribution in [3.05, 3.63) is 60.2 Å². The third-order valence-corrected chi connectivity index (χ3v) is 3.10. The average Bonchev–Trinajstić information content (AvgIpc) is 2.50. The summed E-state index contributed by atoms with van der Waals surface area (Å²) in [6.45, 7) is 6.08. The Kier molecular flexibility index (Phi) is 4.36. The van der Waals surface area contributed by atoms with Crippen LogP contribution in [0.4, 0.5) is 5.69 Å². The lowest BCUT2D eigenvalue weighted by Crippen LogP contribution is -1.92. The molecule has 2 aromatic carbocycles. The van der Waals surface area contributed by atoms with Crippen molar-refractivity contribution in [1.29, 1.82) is 0 Å². The first kappa shape index (κ1) is 14.1. The molecule has 0 spiro atoms. The predicted molar refractivity (Wildman–Crippen MR) is 87.7 cm³/mol. The van der Waals surface area contributed by atoms with Crippen molar-refractivity contribution in [2.45, 2.75) is 20.8 Å². The summed E-state index contributed by atoms with van der Waals surface area (Å²) < 4.78 is 0. The molecule has 1 aromatic heterocycles. The van der Waals surface area contributed by atoms with Crippen LogP contribution < -0.4 is 5.73 Å². The number of pyridine rings is 1. The van der Waals surface area contributed by atoms with Gasteiger partial charge in [0.15, 0.2) is 0 Å². The van der Waals surface area contributed by atoms with Crippen LogP contribution in [0.2, 0.25) is 0 Å². The van der Waals surface area contributed by atoms with Gasteiger partial charge >= 0.3 is 0 Å². The Morgan fingerprint density at radius 3 is 2.25 bits per heavy atom. The topological polar surface area (TPSA) is 38.9 Å². The van der Waals surface area contributed by atoms with E-state index in [0.29, 0.717) is 0 Å². The molecular formula is C18H20N2. The number of rotatable bonds is 1. The zero-order valence-electron chi connectivity index (χ0n) is 12.2. The number of hydrogen-bond donors (Lipinski definition) is 1. The number of aryl methyl sites for hydroxylation is 1. The number of nitrogens with two attached hydrogens (primary N) is 1. The second-order valence-electron chi connectivity index (χ2n) is 4.48. The minimum Gasteiger partial charge on any atom is -0.398 e. The highest BCUT2D eigenvalue weighted by molar-refractivity contribution is 5.92. The van der Waals surface area contributed by atoms with Gasteiger partial charge in [-0.2, -0.15) is 0 Å². The lowest BCUT2D eigenvalue weighted by atomic mass is 10.1. The van der Waals surface area contributed by atoms with Crippen LogP contribution in [-0.4, -0.2) is 4.98 Å². The van der Waals surface area contributed by atoms with E-state index in [1.807, 2.05) is 44.2 Å². The minimum absolute atomic E-state index is 0.774. The van der Waals surface area contributed by atoms with Gasteiger partial charge in [0.1, 0.15) is 0 Å². The summed E-state index contributed by atoms with van der Waals surface area (Å²) in [4.78, 5) is 4.66. The summed E-state index contributed by atoms with van der Waals surface area (Å²) in [6.07, 6.45) is 0. The van der Waals surface area contributed by atoms with Gasteiger partial charge in [-0.3, -0.25) is 0 Å². The second-order valence-corrected chi connectivity index (χ2v) is 4.48. The first-order valence-corrected chi connectivity index (χ1v) is 6.96. The van der Waals surface area contributed by atoms with Gasteiger partial charge in [0, 0.05) is 16.6 Å². The molecule has 0 aliphatic rings. The summed E-state index contributed by atoms with van der Waals surface area (Å²) in [5.41, 5.74) is 11.1. The molecule has 0 saturated heterocycles. The second kappa shape index (κ2) is 6.20. The number of nitrogens with zero attached hydrogens (tertiary/aromatic N) is 1. The Hall–Kier alpha value is -2.35. The molecular weight excluding hydrogens is 244 g/mol. The molecule has 0 unspecified atom stereocenters. The van der Waals surface area contributed by atoms with E-state index >= 15 is 0 Å². The number of aromatic nitrogens is 1. The van der Waals surface area contributed by atoms with Gasteiger partial charge in [-0.25, -0.2) is 4.98 Å². The number of anilines is 1. The SMILES string of the molecule is CC.Cc1ccc(-c2cc(N)c3ccccc3n2)cc1. The summed E-state index contributed by atoms with van der Waals surface area (Å²) in [6, 6.07) is 18.2. The fraction of sp³-hybridized carbons (Fsp3) is 0.167. The largest absolute Gasteiger partial charge is 0.398 e. The van der Waals surface area contributed by atoms with E-state index in [-0.39, 0.29) is 0 Å². The molecule has 1 heterocycles. The van der Waals surface area contributed by atoms with E-state index < -0.39 is 0 Å². The molecule has 0 aliphatic carbocycles. The zero-order valence-corrected chi connectivity index (χ0v) is 12.2. The number of benzene rings is 2. The predicted octanol–water partition coefficient (Wildman–Crippen LogP) is 4.82. The van der Waals surface area contributed by atoms with Gasteiger partial charge in [0.25, 0.3) is 0 Å². The lowest BCUT2D eigenvalue weighted by Gasteiger charge is -2.06. The Labute approximate surface area is 120 Å². The van der Waals surface area contributed by atoms with E-state index in [2.05, 4.69) is 36.2 Å². The normalized spacial score (nSPS) is 9.95. The molecule has 0 atom stereocenters. The molecule has 20 heavy (non-hydrogen) atoms. The summed E-state index contributed by atoms with van der Waals surface area (Å²) in [5.74, 6) is 0. The number of hydrogen-bond acceptors (Lipinski definition) is 2. The highest BCUT2D eigenvalue weighted by Crippen LogP contribution is 2.26. The highest BCUT2D eigenvalue weighted by atomic mass is 14.7. The molecule has 3 aromatic rings. The van der Waals surface area contributed by atoms with Crippen LogP contribution in [0.3, 0.4) is 0 Å². The molecule has 0 amide bonds. The van der Waals surface area contributed by atoms with Gasteiger partial charge in [-0.1, -0.05) is 61.9 Å². The van der Waals surface area contributed by atoms with Gasteiger partial charge in [-0.05, 0) is 19.1 Å². The maximum atomic E-state index is 6.08. The molecule has 0 radical (unpaired) electrons. The Morgan fingerprint density at radius 2 is 1.55 bits per heavy atom. The first-order chi connectivity index (χ1) is 9.74. The van der Waals surface area contributed by atoms with E-state index in [4.69, 9.17) is 5.73 Å². The van der Waals surface area contributed by atoms with Crippen molar-refractivity contribution in [2.24, 2.45) is 0 Å². The lowest BCUT2D eigenvalue weighted by molar-refractivity contribution is 1.38. The summed E-state index contributed by atoms with van der Waals surface area (Å²) in [5, 5.41) is 1.01. The molecule has 0 bridgehead atoms. The van der Waals surface area contributed by atoms with Crippen LogP contribution >= 0.6 is 0 Å². The Morgan fingerprint density at radius 1 is 0.900 bits per heavy atom. The van der Waals surface area contributed by atoms with Gasteiger partial charge in [-0.15, -0.1) is 0 Å². The van der Waals surface area contributed by atoms with E-state index in [1.54, 1.807) is 0 Å². The average molecular weight is 264 g/mol. The highest BCUT2D eigenvalue weighted by Gasteiger charge is 2.04. The molecule has 0 fully saturated rings. The molecule has 2 N–H and O–H groups in total. The van der Waals surface area contributed by atoms with Crippen LogP contribution in [0.25, 0.3) is 22.2 Å². The van der Waals surface area contributed by atoms with Crippen LogP contribution in [0.15, 0.2) is 54.6 Å². The van der Waals surface area contributed by atoms with Crippen LogP contribution in [0.5, 0.6) is 0 Å². The Balaban J connectivity index is 0.000000704. The van der Waals surface area contributed by atoms with Crippen molar-refractivity contribution >= 4 is 16.6 Å².